The van der Waals surface area contributed by atoms with Crippen LogP contribution in [0.25, 0.3) is 0 Å². The van der Waals surface area contributed by atoms with Crippen LogP contribution in [0, 0.1) is 10.8 Å². The van der Waals surface area contributed by atoms with Crippen molar-refractivity contribution in [1.82, 2.24) is 0 Å². The van der Waals surface area contributed by atoms with E-state index in [0.717, 1.165) is 0 Å². The number of hydrogen-bond donors (Lipinski definition) is 0. The second-order valence-electron chi connectivity index (χ2n) is 6.39. The molecule has 18 heavy (non-hydrogen) atoms. The van der Waals surface area contributed by atoms with Crippen LogP contribution in [0.15, 0.2) is 21.0 Å². The first-order valence-corrected chi connectivity index (χ1v) is 7.82. The molecule has 0 aromatic rings. The van der Waals surface area contributed by atoms with E-state index in [1.54, 1.807) is 33.6 Å². The van der Waals surface area contributed by atoms with Gasteiger partial charge < -0.3 is 0 Å². The van der Waals surface area contributed by atoms with E-state index in [9.17, 15) is 0 Å². The molecular weight excluding hydrogens is 342 g/mol. The third-order valence-corrected chi connectivity index (χ3v) is 5.75. The Bertz CT molecular complexity index is 331. The summed E-state index contributed by atoms with van der Waals surface area (Å²) in [5, 5.41) is 0. The third-order valence-electron chi connectivity index (χ3n) is 4.59. The molecule has 1 fully saturated rings. The quantitative estimate of drug-likeness (QED) is 0.567. The molecule has 0 unspecified atom stereocenters. The first-order chi connectivity index (χ1) is 7.47. The topological polar surface area (TPSA) is 0 Å². The van der Waals surface area contributed by atoms with E-state index >= 15 is 0 Å². The van der Waals surface area contributed by atoms with Gasteiger partial charge in [0.2, 0.25) is 0 Å². The molecule has 0 bridgehead atoms. The van der Waals surface area contributed by atoms with Crippen molar-refractivity contribution in [1.29, 1.82) is 0 Å². The molecule has 0 radical (unpaired) electrons. The Morgan fingerprint density at radius 2 is 1.61 bits per heavy atom. The van der Waals surface area contributed by atoms with E-state index in [-0.39, 0.29) is 24.8 Å². The minimum absolute atomic E-state index is 0. The van der Waals surface area contributed by atoms with E-state index in [2.05, 4.69) is 32.9 Å². The van der Waals surface area contributed by atoms with Crippen LogP contribution in [-0.4, -0.2) is 0 Å². The molecule has 0 nitrogen and oxygen atoms in total. The van der Waals surface area contributed by atoms with Crippen LogP contribution in [0.4, 0.5) is 0 Å². The summed E-state index contributed by atoms with van der Waals surface area (Å²) >= 11 is 1.63. The van der Waals surface area contributed by atoms with E-state index in [0.29, 0.717) is 10.8 Å². The number of halogens is 2. The van der Waals surface area contributed by atoms with Gasteiger partial charge in [0.1, 0.15) is 0 Å². The SMILES string of the molecule is CC(C)(C)C1(C2=[C]([Zr])CC=C2)CCCCC1.Cl.Cl. The van der Waals surface area contributed by atoms with Gasteiger partial charge in [0, 0.05) is 0 Å². The molecule has 0 atom stereocenters. The van der Waals surface area contributed by atoms with Gasteiger partial charge in [0.05, 0.1) is 0 Å². The number of hydrogen-bond acceptors (Lipinski definition) is 0. The van der Waals surface area contributed by atoms with Gasteiger partial charge in [0.25, 0.3) is 0 Å². The average Bonchev–Trinajstić information content (AvgIpc) is 2.64. The molecule has 0 amide bonds. The van der Waals surface area contributed by atoms with Crippen molar-refractivity contribution in [2.45, 2.75) is 59.3 Å². The standard InChI is InChI=1S/C15H23.2ClH.Zr/c1-14(2,3)15(11-7-4-8-12-15)13-9-5-6-10-13;;;/h5,9H,4,6-8,11-12H2,1-3H3;2*1H;. The fourth-order valence-corrected chi connectivity index (χ4v) is 4.61. The number of rotatable bonds is 1. The predicted octanol–water partition coefficient (Wildman–Crippen LogP) is 5.59. The summed E-state index contributed by atoms with van der Waals surface area (Å²) in [6.07, 6.45) is 13.2. The Kier molecular flexibility index (Phi) is 7.47. The zero-order chi connectivity index (χ0) is 11.8. The van der Waals surface area contributed by atoms with Gasteiger partial charge in [-0.25, -0.2) is 0 Å². The summed E-state index contributed by atoms with van der Waals surface area (Å²) in [5.74, 6) is 0. The molecule has 2 aliphatic carbocycles. The molecule has 1 saturated carbocycles. The summed E-state index contributed by atoms with van der Waals surface area (Å²) in [6.45, 7) is 7.34. The van der Waals surface area contributed by atoms with Crippen molar-refractivity contribution in [2.24, 2.45) is 10.8 Å². The van der Waals surface area contributed by atoms with Gasteiger partial charge in [-0.1, -0.05) is 0 Å². The molecule has 0 N–H and O–H groups in total. The smallest absolute Gasteiger partial charge is 0.147 e. The summed E-state index contributed by atoms with van der Waals surface area (Å²) in [5.41, 5.74) is 2.62. The maximum atomic E-state index is 2.45. The number of allylic oxidation sites excluding steroid dienone is 4. The van der Waals surface area contributed by atoms with Gasteiger partial charge in [0.15, 0.2) is 0 Å². The predicted molar refractivity (Wildman–Crippen MR) is 80.3 cm³/mol. The second-order valence-corrected chi connectivity index (χ2v) is 7.88. The Labute approximate surface area is 140 Å². The summed E-state index contributed by atoms with van der Waals surface area (Å²) in [4.78, 5) is 0. The maximum Gasteiger partial charge on any atom is -0.147 e. The van der Waals surface area contributed by atoms with Crippen LogP contribution >= 0.6 is 24.8 Å². The summed E-state index contributed by atoms with van der Waals surface area (Å²) in [7, 11) is 0. The van der Waals surface area contributed by atoms with Gasteiger partial charge in [-0.15, -0.1) is 24.8 Å². The Balaban J connectivity index is 0.00000144. The monoisotopic (exact) mass is 365 g/mol. The van der Waals surface area contributed by atoms with Gasteiger partial charge in [-0.2, -0.15) is 0 Å². The van der Waals surface area contributed by atoms with Crippen molar-refractivity contribution in [3.8, 4) is 0 Å². The van der Waals surface area contributed by atoms with Crippen molar-refractivity contribution in [2.75, 3.05) is 0 Å². The zero-order valence-electron chi connectivity index (χ0n) is 11.7. The minimum Gasteiger partial charge on any atom is -0.147 e. The van der Waals surface area contributed by atoms with Gasteiger partial charge >= 0.3 is 116 Å². The van der Waals surface area contributed by atoms with Crippen molar-refractivity contribution < 1.29 is 24.7 Å². The van der Waals surface area contributed by atoms with Crippen LogP contribution in [0.5, 0.6) is 0 Å². The second kappa shape index (κ2) is 7.10. The molecule has 2 aliphatic rings. The molecule has 0 aromatic heterocycles. The zero-order valence-corrected chi connectivity index (χ0v) is 15.8. The largest absolute Gasteiger partial charge is 0.147 e. The van der Waals surface area contributed by atoms with E-state index in [4.69, 9.17) is 0 Å². The van der Waals surface area contributed by atoms with E-state index in [1.807, 2.05) is 0 Å². The minimum atomic E-state index is 0. The van der Waals surface area contributed by atoms with Crippen LogP contribution in [0.2, 0.25) is 0 Å². The molecular formula is C15H25Cl2Zr. The van der Waals surface area contributed by atoms with Gasteiger partial charge in [-0.05, 0) is 0 Å². The van der Waals surface area contributed by atoms with Crippen LogP contribution in [0.3, 0.4) is 0 Å². The fourth-order valence-electron chi connectivity index (χ4n) is 3.53. The maximum absolute atomic E-state index is 2.45. The molecule has 103 valence electrons. The average molecular weight is 367 g/mol. The molecule has 0 heterocycles. The normalized spacial score (nSPS) is 22.3. The van der Waals surface area contributed by atoms with Crippen LogP contribution in [0.1, 0.15) is 59.3 Å². The Morgan fingerprint density at radius 1 is 1.06 bits per heavy atom. The van der Waals surface area contributed by atoms with Crippen LogP contribution < -0.4 is 0 Å². The first-order valence-electron chi connectivity index (χ1n) is 6.59. The molecule has 0 saturated heterocycles. The van der Waals surface area contributed by atoms with Gasteiger partial charge in [-0.3, -0.25) is 0 Å². The summed E-state index contributed by atoms with van der Waals surface area (Å²) in [6, 6.07) is 0. The summed E-state index contributed by atoms with van der Waals surface area (Å²) < 4.78 is 1.71. The molecule has 3 heteroatoms. The Hall–Kier alpha value is 0.943. The van der Waals surface area contributed by atoms with Crippen molar-refractivity contribution >= 4 is 24.8 Å². The molecule has 0 aliphatic heterocycles. The fraction of sp³-hybridized carbons (Fsp3) is 0.733. The van der Waals surface area contributed by atoms with E-state index < -0.39 is 0 Å². The van der Waals surface area contributed by atoms with Crippen LogP contribution in [-0.2, 0) is 24.7 Å². The molecule has 0 spiro atoms. The first kappa shape index (κ1) is 18.9. The van der Waals surface area contributed by atoms with Crippen molar-refractivity contribution in [3.05, 3.63) is 21.0 Å². The van der Waals surface area contributed by atoms with E-state index in [1.165, 1.54) is 38.5 Å². The molecule has 0 aromatic carbocycles. The third kappa shape index (κ3) is 3.33. The molecule has 2 rings (SSSR count). The Morgan fingerprint density at radius 3 is 2.00 bits per heavy atom. The van der Waals surface area contributed by atoms with Crippen molar-refractivity contribution in [3.63, 3.8) is 0 Å².